The molecule has 2 aromatic carbocycles. The van der Waals surface area contributed by atoms with Crippen molar-refractivity contribution in [1.82, 2.24) is 5.32 Å². The van der Waals surface area contributed by atoms with Gasteiger partial charge in [0, 0.05) is 24.8 Å². The van der Waals surface area contributed by atoms with E-state index in [1.54, 1.807) is 36.2 Å². The van der Waals surface area contributed by atoms with E-state index in [1.807, 2.05) is 45.0 Å². The number of ether oxygens (including phenoxy) is 1. The van der Waals surface area contributed by atoms with Crippen LogP contribution in [0.15, 0.2) is 61.2 Å². The molecule has 7 heteroatoms. The summed E-state index contributed by atoms with van der Waals surface area (Å²) < 4.78 is 5.57. The van der Waals surface area contributed by atoms with Crippen LogP contribution in [0.1, 0.15) is 36.7 Å². The van der Waals surface area contributed by atoms with Crippen LogP contribution in [0.5, 0.6) is 0 Å². The van der Waals surface area contributed by atoms with Gasteiger partial charge in [-0.15, -0.1) is 0 Å². The molecule has 1 N–H and O–H groups in total. The van der Waals surface area contributed by atoms with Gasteiger partial charge in [-0.05, 0) is 69.2 Å². The zero-order valence-electron chi connectivity index (χ0n) is 18.9. The molecule has 3 rings (SSSR count). The second-order valence-electron chi connectivity index (χ2n) is 8.74. The first kappa shape index (κ1) is 23.1. The number of fused-ring (bicyclic) bond motifs is 1. The molecular weight excluding hydrogens is 406 g/mol. The maximum atomic E-state index is 12.9. The topological polar surface area (TPSA) is 79.0 Å². The summed E-state index contributed by atoms with van der Waals surface area (Å²) in [6.45, 7) is 9.26. The number of hydrogen-bond donors (Lipinski definition) is 1. The minimum atomic E-state index is -0.621. The fraction of sp³-hybridized carbons (Fsp3) is 0.320. The normalized spacial score (nSPS) is 15.4. The van der Waals surface area contributed by atoms with Gasteiger partial charge in [0.15, 0.2) is 0 Å². The van der Waals surface area contributed by atoms with Crippen molar-refractivity contribution in [3.8, 4) is 0 Å². The Morgan fingerprint density at radius 1 is 1.12 bits per heavy atom. The summed E-state index contributed by atoms with van der Waals surface area (Å²) in [4.78, 5) is 40.4. The van der Waals surface area contributed by atoms with Gasteiger partial charge in [0.25, 0.3) is 5.91 Å². The Morgan fingerprint density at radius 3 is 2.41 bits per heavy atom. The van der Waals surface area contributed by atoms with Gasteiger partial charge in [0.05, 0.1) is 11.7 Å². The van der Waals surface area contributed by atoms with E-state index in [-0.39, 0.29) is 17.9 Å². The highest BCUT2D eigenvalue weighted by Crippen LogP contribution is 2.28. The van der Waals surface area contributed by atoms with Crippen LogP contribution >= 0.6 is 0 Å². The summed E-state index contributed by atoms with van der Waals surface area (Å²) in [5.74, 6) is -0.479. The van der Waals surface area contributed by atoms with Crippen molar-refractivity contribution in [2.45, 2.75) is 38.8 Å². The van der Waals surface area contributed by atoms with Crippen LogP contribution in [-0.2, 0) is 16.0 Å². The van der Waals surface area contributed by atoms with E-state index in [2.05, 4.69) is 11.9 Å². The SMILES string of the molecule is C=CC(=O)N(C)c1ccc(C(=O)NC2Cc3ccccc3N(C(=O)OC(C)(C)C)C2)cc1. The monoisotopic (exact) mass is 435 g/mol. The quantitative estimate of drug-likeness (QED) is 0.738. The van der Waals surface area contributed by atoms with Gasteiger partial charge in [-0.1, -0.05) is 24.8 Å². The molecule has 168 valence electrons. The number of para-hydroxylation sites is 1. The number of amides is 3. The molecule has 0 aliphatic carbocycles. The van der Waals surface area contributed by atoms with E-state index in [0.717, 1.165) is 11.3 Å². The first-order valence-electron chi connectivity index (χ1n) is 10.5. The first-order chi connectivity index (χ1) is 15.1. The van der Waals surface area contributed by atoms with E-state index in [9.17, 15) is 14.4 Å². The lowest BCUT2D eigenvalue weighted by atomic mass is 9.98. The zero-order valence-corrected chi connectivity index (χ0v) is 18.9. The molecule has 0 radical (unpaired) electrons. The molecule has 0 bridgehead atoms. The molecule has 0 spiro atoms. The van der Waals surface area contributed by atoms with Crippen LogP contribution in [0.4, 0.5) is 16.2 Å². The third-order valence-electron chi connectivity index (χ3n) is 5.12. The Labute approximate surface area is 188 Å². The minimum Gasteiger partial charge on any atom is -0.443 e. The Balaban J connectivity index is 1.74. The average Bonchev–Trinajstić information content (AvgIpc) is 2.76. The van der Waals surface area contributed by atoms with E-state index in [1.165, 1.54) is 11.0 Å². The molecule has 0 saturated carbocycles. The van der Waals surface area contributed by atoms with Crippen molar-refractivity contribution in [3.05, 3.63) is 72.3 Å². The highest BCUT2D eigenvalue weighted by atomic mass is 16.6. The van der Waals surface area contributed by atoms with Crippen LogP contribution < -0.4 is 15.1 Å². The van der Waals surface area contributed by atoms with Crippen LogP contribution in [-0.4, -0.2) is 43.1 Å². The maximum absolute atomic E-state index is 12.9. The lowest BCUT2D eigenvalue weighted by Crippen LogP contribution is -2.51. The number of nitrogens with one attached hydrogen (secondary N) is 1. The molecule has 3 amide bonds. The van der Waals surface area contributed by atoms with E-state index >= 15 is 0 Å². The molecule has 1 unspecified atom stereocenters. The van der Waals surface area contributed by atoms with Gasteiger partial charge in [-0.25, -0.2) is 4.79 Å². The molecular formula is C25H29N3O4. The molecule has 32 heavy (non-hydrogen) atoms. The Bertz CT molecular complexity index is 1020. The van der Waals surface area contributed by atoms with Crippen molar-refractivity contribution in [2.75, 3.05) is 23.4 Å². The van der Waals surface area contributed by atoms with Crippen molar-refractivity contribution in [2.24, 2.45) is 0 Å². The van der Waals surface area contributed by atoms with Crippen molar-refractivity contribution >= 4 is 29.3 Å². The molecule has 0 aromatic heterocycles. The Kier molecular flexibility index (Phi) is 6.67. The smallest absolute Gasteiger partial charge is 0.414 e. The predicted octanol–water partition coefficient (Wildman–Crippen LogP) is 3.93. The molecule has 7 nitrogen and oxygen atoms in total. The number of likely N-dealkylation sites (N-methyl/N-ethyl adjacent to an activating group) is 1. The lowest BCUT2D eigenvalue weighted by molar-refractivity contribution is -0.113. The molecule has 1 aliphatic heterocycles. The summed E-state index contributed by atoms with van der Waals surface area (Å²) in [6.07, 6.45) is 1.40. The van der Waals surface area contributed by atoms with Gasteiger partial charge >= 0.3 is 6.09 Å². The van der Waals surface area contributed by atoms with Gasteiger partial charge in [0.1, 0.15) is 5.60 Å². The summed E-state index contributed by atoms with van der Waals surface area (Å²) in [6, 6.07) is 14.1. The van der Waals surface area contributed by atoms with Crippen molar-refractivity contribution < 1.29 is 19.1 Å². The third kappa shape index (κ3) is 5.35. The van der Waals surface area contributed by atoms with Crippen LogP contribution in [0, 0.1) is 0 Å². The van der Waals surface area contributed by atoms with E-state index < -0.39 is 11.7 Å². The molecule has 1 atom stereocenters. The van der Waals surface area contributed by atoms with Crippen molar-refractivity contribution in [3.63, 3.8) is 0 Å². The minimum absolute atomic E-state index is 0.231. The lowest BCUT2D eigenvalue weighted by Gasteiger charge is -2.36. The fourth-order valence-electron chi connectivity index (χ4n) is 3.55. The second kappa shape index (κ2) is 9.26. The number of anilines is 2. The highest BCUT2D eigenvalue weighted by molar-refractivity contribution is 6.01. The molecule has 1 heterocycles. The maximum Gasteiger partial charge on any atom is 0.414 e. The molecule has 0 saturated heterocycles. The van der Waals surface area contributed by atoms with Gasteiger partial charge in [0.2, 0.25) is 5.91 Å². The van der Waals surface area contributed by atoms with Crippen molar-refractivity contribution in [1.29, 1.82) is 0 Å². The van der Waals surface area contributed by atoms with Crippen LogP contribution in [0.2, 0.25) is 0 Å². The largest absolute Gasteiger partial charge is 0.443 e. The van der Waals surface area contributed by atoms with Gasteiger partial charge < -0.3 is 15.0 Å². The third-order valence-corrected chi connectivity index (χ3v) is 5.12. The fourth-order valence-corrected chi connectivity index (χ4v) is 3.55. The number of carbonyl (C=O) groups is 3. The number of nitrogens with zero attached hydrogens (tertiary/aromatic N) is 2. The van der Waals surface area contributed by atoms with E-state index in [4.69, 9.17) is 4.74 Å². The predicted molar refractivity (Wildman–Crippen MR) is 125 cm³/mol. The highest BCUT2D eigenvalue weighted by Gasteiger charge is 2.32. The number of rotatable bonds is 4. The molecule has 1 aliphatic rings. The summed E-state index contributed by atoms with van der Waals surface area (Å²) in [5, 5.41) is 3.02. The number of hydrogen-bond acceptors (Lipinski definition) is 4. The number of benzene rings is 2. The standard InChI is InChI=1S/C25H29N3O4/c1-6-22(29)27(5)20-13-11-17(12-14-20)23(30)26-19-15-18-9-7-8-10-21(18)28(16-19)24(31)32-25(2,3)4/h6-14,19H,1,15-16H2,2-5H3,(H,26,30). The summed E-state index contributed by atoms with van der Waals surface area (Å²) in [5.41, 5.74) is 2.27. The average molecular weight is 436 g/mol. The van der Waals surface area contributed by atoms with Crippen LogP contribution in [0.25, 0.3) is 0 Å². The van der Waals surface area contributed by atoms with E-state index in [0.29, 0.717) is 24.2 Å². The molecule has 0 fully saturated rings. The summed E-state index contributed by atoms with van der Waals surface area (Å²) in [7, 11) is 1.64. The first-order valence-corrected chi connectivity index (χ1v) is 10.5. The number of carbonyl (C=O) groups excluding carboxylic acids is 3. The van der Waals surface area contributed by atoms with Gasteiger partial charge in [-0.2, -0.15) is 0 Å². The molecule has 2 aromatic rings. The zero-order chi connectivity index (χ0) is 23.5. The van der Waals surface area contributed by atoms with Gasteiger partial charge in [-0.3, -0.25) is 14.5 Å². The Morgan fingerprint density at radius 2 is 1.78 bits per heavy atom. The Hall–Kier alpha value is -3.61. The second-order valence-corrected chi connectivity index (χ2v) is 8.74. The summed E-state index contributed by atoms with van der Waals surface area (Å²) >= 11 is 0. The van der Waals surface area contributed by atoms with Crippen LogP contribution in [0.3, 0.4) is 0 Å².